The number of carbonyl (C=O) groups excluding carboxylic acids is 1. The van der Waals surface area contributed by atoms with Crippen molar-refractivity contribution in [1.82, 2.24) is 10.3 Å². The van der Waals surface area contributed by atoms with E-state index in [1.807, 2.05) is 12.1 Å². The number of urea groups is 1. The first kappa shape index (κ1) is 11.1. The van der Waals surface area contributed by atoms with Gasteiger partial charge in [0.1, 0.15) is 0 Å². The first-order chi connectivity index (χ1) is 8.34. The van der Waals surface area contributed by atoms with Gasteiger partial charge in [0.05, 0.1) is 0 Å². The fraction of sp³-hybridized carbons (Fsp3) is 0.0769. The number of rotatable bonds is 3. The second-order valence-electron chi connectivity index (χ2n) is 3.45. The Morgan fingerprint density at radius 1 is 1.18 bits per heavy atom. The zero-order valence-corrected chi connectivity index (χ0v) is 9.18. The SMILES string of the molecule is O=C(NCc1ccncc1)Nc1cc[c]cc1. The average molecular weight is 226 g/mol. The van der Waals surface area contributed by atoms with E-state index < -0.39 is 0 Å². The Hall–Kier alpha value is -2.36. The van der Waals surface area contributed by atoms with E-state index in [2.05, 4.69) is 21.7 Å². The van der Waals surface area contributed by atoms with Crippen LogP contribution in [0.4, 0.5) is 10.5 Å². The van der Waals surface area contributed by atoms with Gasteiger partial charge >= 0.3 is 6.03 Å². The number of hydrogen-bond acceptors (Lipinski definition) is 2. The van der Waals surface area contributed by atoms with E-state index in [1.54, 1.807) is 36.7 Å². The highest BCUT2D eigenvalue weighted by Crippen LogP contribution is 2.04. The minimum absolute atomic E-state index is 0.229. The molecule has 85 valence electrons. The van der Waals surface area contributed by atoms with Gasteiger partial charge in [-0.05, 0) is 35.9 Å². The molecule has 0 aliphatic carbocycles. The zero-order chi connectivity index (χ0) is 11.9. The van der Waals surface area contributed by atoms with Crippen LogP contribution in [0.15, 0.2) is 48.8 Å². The standard InChI is InChI=1S/C13H12N3O/c17-13(16-12-4-2-1-3-5-12)15-10-11-6-8-14-9-7-11/h2-9H,10H2,(H2,15,16,17). The number of nitrogens with zero attached hydrogens (tertiary/aromatic N) is 1. The number of anilines is 1. The van der Waals surface area contributed by atoms with Crippen LogP contribution in [0.5, 0.6) is 0 Å². The second-order valence-corrected chi connectivity index (χ2v) is 3.45. The van der Waals surface area contributed by atoms with Gasteiger partial charge in [-0.15, -0.1) is 0 Å². The topological polar surface area (TPSA) is 54.0 Å². The lowest BCUT2D eigenvalue weighted by Gasteiger charge is -2.07. The molecule has 2 rings (SSSR count). The molecule has 2 aromatic rings. The molecular weight excluding hydrogens is 214 g/mol. The summed E-state index contributed by atoms with van der Waals surface area (Å²) in [5.74, 6) is 0. The fourth-order valence-electron chi connectivity index (χ4n) is 1.33. The molecule has 0 saturated heterocycles. The largest absolute Gasteiger partial charge is 0.334 e. The lowest BCUT2D eigenvalue weighted by molar-refractivity contribution is 0.251. The van der Waals surface area contributed by atoms with Gasteiger partial charge in [0, 0.05) is 24.6 Å². The Kier molecular flexibility index (Phi) is 3.70. The molecule has 4 heteroatoms. The molecule has 1 radical (unpaired) electrons. The highest BCUT2D eigenvalue weighted by atomic mass is 16.2. The van der Waals surface area contributed by atoms with Crippen LogP contribution < -0.4 is 10.6 Å². The Labute approximate surface area is 99.7 Å². The second kappa shape index (κ2) is 5.65. The quantitative estimate of drug-likeness (QED) is 0.843. The zero-order valence-electron chi connectivity index (χ0n) is 9.18. The highest BCUT2D eigenvalue weighted by molar-refractivity contribution is 5.89. The maximum atomic E-state index is 11.5. The van der Waals surface area contributed by atoms with Crippen LogP contribution in [0.1, 0.15) is 5.56 Å². The van der Waals surface area contributed by atoms with Gasteiger partial charge in [-0.2, -0.15) is 0 Å². The van der Waals surface area contributed by atoms with Gasteiger partial charge in [-0.1, -0.05) is 12.1 Å². The van der Waals surface area contributed by atoms with Crippen molar-refractivity contribution in [3.63, 3.8) is 0 Å². The Morgan fingerprint density at radius 2 is 1.88 bits per heavy atom. The summed E-state index contributed by atoms with van der Waals surface area (Å²) in [5.41, 5.74) is 1.76. The summed E-state index contributed by atoms with van der Waals surface area (Å²) >= 11 is 0. The third kappa shape index (κ3) is 3.61. The Bertz CT molecular complexity index is 471. The summed E-state index contributed by atoms with van der Waals surface area (Å²) in [7, 11) is 0. The van der Waals surface area contributed by atoms with Crippen molar-refractivity contribution in [2.24, 2.45) is 0 Å². The van der Waals surface area contributed by atoms with Crippen molar-refractivity contribution in [3.05, 3.63) is 60.4 Å². The van der Waals surface area contributed by atoms with E-state index in [9.17, 15) is 4.79 Å². The summed E-state index contributed by atoms with van der Waals surface area (Å²) in [6.45, 7) is 0.479. The molecule has 0 fully saturated rings. The predicted octanol–water partition coefficient (Wildman–Crippen LogP) is 2.20. The summed E-state index contributed by atoms with van der Waals surface area (Å²) in [6.07, 6.45) is 3.39. The molecule has 0 unspecified atom stereocenters. The maximum Gasteiger partial charge on any atom is 0.319 e. The van der Waals surface area contributed by atoms with Gasteiger partial charge in [0.25, 0.3) is 0 Å². The van der Waals surface area contributed by atoms with Gasteiger partial charge in [-0.25, -0.2) is 4.79 Å². The molecule has 1 aromatic heterocycles. The molecule has 4 nitrogen and oxygen atoms in total. The molecule has 0 saturated carbocycles. The minimum Gasteiger partial charge on any atom is -0.334 e. The van der Waals surface area contributed by atoms with Crippen molar-refractivity contribution >= 4 is 11.7 Å². The van der Waals surface area contributed by atoms with Crippen LogP contribution in [-0.4, -0.2) is 11.0 Å². The monoisotopic (exact) mass is 226 g/mol. The van der Waals surface area contributed by atoms with Crippen LogP contribution >= 0.6 is 0 Å². The number of pyridine rings is 1. The molecule has 1 aromatic carbocycles. The van der Waals surface area contributed by atoms with Gasteiger partial charge < -0.3 is 10.6 Å². The van der Waals surface area contributed by atoms with Crippen molar-refractivity contribution < 1.29 is 4.79 Å². The van der Waals surface area contributed by atoms with Crippen LogP contribution in [0.2, 0.25) is 0 Å². The minimum atomic E-state index is -0.229. The summed E-state index contributed by atoms with van der Waals surface area (Å²) in [4.78, 5) is 15.4. The molecule has 2 N–H and O–H groups in total. The Morgan fingerprint density at radius 3 is 2.59 bits per heavy atom. The van der Waals surface area contributed by atoms with E-state index in [-0.39, 0.29) is 6.03 Å². The third-order valence-corrected chi connectivity index (χ3v) is 2.18. The van der Waals surface area contributed by atoms with Gasteiger partial charge in [-0.3, -0.25) is 4.98 Å². The van der Waals surface area contributed by atoms with Crippen molar-refractivity contribution in [2.75, 3.05) is 5.32 Å². The smallest absolute Gasteiger partial charge is 0.319 e. The van der Waals surface area contributed by atoms with Crippen molar-refractivity contribution in [3.8, 4) is 0 Å². The summed E-state index contributed by atoms with van der Waals surface area (Å²) in [6, 6.07) is 13.4. The fourth-order valence-corrected chi connectivity index (χ4v) is 1.33. The molecular formula is C13H12N3O. The van der Waals surface area contributed by atoms with E-state index in [0.717, 1.165) is 11.3 Å². The molecule has 2 amide bonds. The molecule has 0 spiro atoms. The highest BCUT2D eigenvalue weighted by Gasteiger charge is 2.00. The lowest BCUT2D eigenvalue weighted by atomic mass is 10.3. The molecule has 0 atom stereocenters. The first-order valence-electron chi connectivity index (χ1n) is 5.24. The van der Waals surface area contributed by atoms with Crippen LogP contribution in [-0.2, 0) is 6.54 Å². The van der Waals surface area contributed by atoms with E-state index in [4.69, 9.17) is 0 Å². The molecule has 1 heterocycles. The van der Waals surface area contributed by atoms with E-state index >= 15 is 0 Å². The van der Waals surface area contributed by atoms with Crippen molar-refractivity contribution in [1.29, 1.82) is 0 Å². The number of hydrogen-bond donors (Lipinski definition) is 2. The van der Waals surface area contributed by atoms with Crippen molar-refractivity contribution in [2.45, 2.75) is 6.54 Å². The normalized spacial score (nSPS) is 9.65. The third-order valence-electron chi connectivity index (χ3n) is 2.18. The van der Waals surface area contributed by atoms with Gasteiger partial charge in [0.2, 0.25) is 0 Å². The number of nitrogens with one attached hydrogen (secondary N) is 2. The number of aromatic nitrogens is 1. The number of amides is 2. The van der Waals surface area contributed by atoms with E-state index in [1.165, 1.54) is 0 Å². The van der Waals surface area contributed by atoms with Crippen LogP contribution in [0.3, 0.4) is 0 Å². The number of benzene rings is 1. The van der Waals surface area contributed by atoms with Gasteiger partial charge in [0.15, 0.2) is 0 Å². The van der Waals surface area contributed by atoms with Crippen LogP contribution in [0, 0.1) is 6.07 Å². The lowest BCUT2D eigenvalue weighted by Crippen LogP contribution is -2.28. The molecule has 17 heavy (non-hydrogen) atoms. The molecule has 0 aliphatic rings. The van der Waals surface area contributed by atoms with Crippen LogP contribution in [0.25, 0.3) is 0 Å². The summed E-state index contributed by atoms with van der Waals surface area (Å²) in [5, 5.41) is 5.49. The first-order valence-corrected chi connectivity index (χ1v) is 5.24. The number of carbonyl (C=O) groups is 1. The molecule has 0 aliphatic heterocycles. The van der Waals surface area contributed by atoms with E-state index in [0.29, 0.717) is 6.54 Å². The summed E-state index contributed by atoms with van der Waals surface area (Å²) < 4.78 is 0. The Balaban J connectivity index is 1.83. The average Bonchev–Trinajstić information content (AvgIpc) is 2.39. The predicted molar refractivity (Wildman–Crippen MR) is 65.4 cm³/mol. The maximum absolute atomic E-state index is 11.5. The molecule has 0 bridgehead atoms.